The lowest BCUT2D eigenvalue weighted by atomic mass is 10.3. The minimum Gasteiger partial charge on any atom is -0.497 e. The molecule has 2 N–H and O–H groups in total. The number of aliphatic imine (C=N–C) groups is 1. The molecule has 0 spiro atoms. The molecule has 7 heteroatoms. The average molecular weight is 372 g/mol. The number of aromatic nitrogens is 1. The topological polar surface area (TPSA) is 77.0 Å². The average Bonchev–Trinajstić information content (AvgIpc) is 2.70. The molecule has 2 rings (SSSR count). The molecule has 0 atom stereocenters. The van der Waals surface area contributed by atoms with E-state index in [1.54, 1.807) is 13.3 Å². The van der Waals surface area contributed by atoms with E-state index >= 15 is 0 Å². The first kappa shape index (κ1) is 20.4. The first-order valence-corrected chi connectivity index (χ1v) is 9.12. The molecule has 0 aliphatic rings. The first-order valence-electron chi connectivity index (χ1n) is 9.12. The number of nitrogens with zero attached hydrogens (tertiary/aromatic N) is 2. The van der Waals surface area contributed by atoms with Crippen LogP contribution in [0.4, 0.5) is 0 Å². The van der Waals surface area contributed by atoms with Crippen molar-refractivity contribution in [2.24, 2.45) is 4.99 Å². The van der Waals surface area contributed by atoms with Crippen molar-refractivity contribution in [2.45, 2.75) is 20.4 Å². The van der Waals surface area contributed by atoms with E-state index in [9.17, 15) is 0 Å². The van der Waals surface area contributed by atoms with Gasteiger partial charge in [-0.15, -0.1) is 0 Å². The van der Waals surface area contributed by atoms with Gasteiger partial charge >= 0.3 is 0 Å². The lowest BCUT2D eigenvalue weighted by Crippen LogP contribution is -2.39. The Kier molecular flexibility index (Phi) is 8.76. The normalized spacial score (nSPS) is 11.0. The second kappa shape index (κ2) is 11.6. The van der Waals surface area contributed by atoms with Gasteiger partial charge in [-0.1, -0.05) is 0 Å². The minimum atomic E-state index is 0.528. The maximum atomic E-state index is 5.71. The summed E-state index contributed by atoms with van der Waals surface area (Å²) < 4.78 is 16.3. The summed E-state index contributed by atoms with van der Waals surface area (Å²) in [5, 5.41) is 6.49. The summed E-state index contributed by atoms with van der Waals surface area (Å²) in [7, 11) is 1.64. The maximum absolute atomic E-state index is 5.71. The maximum Gasteiger partial charge on any atom is 0.213 e. The van der Waals surface area contributed by atoms with Crippen LogP contribution in [-0.2, 0) is 6.54 Å². The quantitative estimate of drug-likeness (QED) is 0.379. The van der Waals surface area contributed by atoms with Crippen molar-refractivity contribution in [3.63, 3.8) is 0 Å². The molecule has 0 aliphatic carbocycles. The van der Waals surface area contributed by atoms with Gasteiger partial charge in [0.1, 0.15) is 18.1 Å². The molecule has 0 radical (unpaired) electrons. The van der Waals surface area contributed by atoms with Gasteiger partial charge in [-0.05, 0) is 49.7 Å². The third-order valence-corrected chi connectivity index (χ3v) is 3.58. The van der Waals surface area contributed by atoms with E-state index in [0.29, 0.717) is 32.2 Å². The Balaban J connectivity index is 1.81. The lowest BCUT2D eigenvalue weighted by molar-refractivity contribution is 0.321. The molecular weight excluding hydrogens is 344 g/mol. The van der Waals surface area contributed by atoms with E-state index in [0.717, 1.165) is 29.6 Å². The number of pyridine rings is 1. The van der Waals surface area contributed by atoms with Crippen molar-refractivity contribution in [1.29, 1.82) is 0 Å². The molecule has 0 saturated carbocycles. The van der Waals surface area contributed by atoms with E-state index in [1.165, 1.54) is 0 Å². The summed E-state index contributed by atoms with van der Waals surface area (Å²) in [4.78, 5) is 8.76. The monoisotopic (exact) mass is 372 g/mol. The second-order valence-corrected chi connectivity index (χ2v) is 5.58. The molecule has 2 aromatic rings. The number of rotatable bonds is 10. The SMILES string of the molecule is CCNC(=NCc1ccnc(OCC)c1)NCCOc1ccc(OC)cc1. The van der Waals surface area contributed by atoms with Crippen LogP contribution in [0.1, 0.15) is 19.4 Å². The smallest absolute Gasteiger partial charge is 0.213 e. The fraction of sp³-hybridized carbons (Fsp3) is 0.400. The Bertz CT molecular complexity index is 705. The van der Waals surface area contributed by atoms with Crippen LogP contribution < -0.4 is 24.8 Å². The molecule has 1 aromatic heterocycles. The van der Waals surface area contributed by atoms with Gasteiger partial charge in [0, 0.05) is 18.8 Å². The van der Waals surface area contributed by atoms with E-state index < -0.39 is 0 Å². The van der Waals surface area contributed by atoms with Gasteiger partial charge in [0.15, 0.2) is 5.96 Å². The number of guanidine groups is 1. The van der Waals surface area contributed by atoms with Crippen LogP contribution in [0.2, 0.25) is 0 Å². The van der Waals surface area contributed by atoms with Gasteiger partial charge in [0.25, 0.3) is 0 Å². The third kappa shape index (κ3) is 7.43. The van der Waals surface area contributed by atoms with Crippen LogP contribution in [0.25, 0.3) is 0 Å². The summed E-state index contributed by atoms with van der Waals surface area (Å²) in [6, 6.07) is 11.4. The Labute approximate surface area is 160 Å². The Morgan fingerprint density at radius 1 is 1.04 bits per heavy atom. The zero-order valence-electron chi connectivity index (χ0n) is 16.2. The molecule has 0 amide bonds. The third-order valence-electron chi connectivity index (χ3n) is 3.58. The number of nitrogens with one attached hydrogen (secondary N) is 2. The molecule has 146 valence electrons. The second-order valence-electron chi connectivity index (χ2n) is 5.58. The van der Waals surface area contributed by atoms with Gasteiger partial charge in [0.05, 0.1) is 26.8 Å². The van der Waals surface area contributed by atoms with E-state index in [-0.39, 0.29) is 0 Å². The largest absolute Gasteiger partial charge is 0.497 e. The fourth-order valence-corrected chi connectivity index (χ4v) is 2.30. The van der Waals surface area contributed by atoms with E-state index in [4.69, 9.17) is 14.2 Å². The van der Waals surface area contributed by atoms with E-state index in [2.05, 4.69) is 20.6 Å². The van der Waals surface area contributed by atoms with Crippen LogP contribution in [0.15, 0.2) is 47.6 Å². The highest BCUT2D eigenvalue weighted by Crippen LogP contribution is 2.16. The van der Waals surface area contributed by atoms with E-state index in [1.807, 2.05) is 50.2 Å². The summed E-state index contributed by atoms with van der Waals surface area (Å²) in [6.45, 7) is 7.05. The first-order chi connectivity index (χ1) is 13.2. The number of hydrogen-bond donors (Lipinski definition) is 2. The lowest BCUT2D eigenvalue weighted by Gasteiger charge is -2.12. The molecule has 0 fully saturated rings. The summed E-state index contributed by atoms with van der Waals surface area (Å²) in [5.74, 6) is 2.98. The highest BCUT2D eigenvalue weighted by atomic mass is 16.5. The van der Waals surface area contributed by atoms with Gasteiger partial charge in [-0.2, -0.15) is 0 Å². The molecule has 1 aromatic carbocycles. The van der Waals surface area contributed by atoms with Crippen molar-refractivity contribution in [2.75, 3.05) is 33.4 Å². The predicted molar refractivity (Wildman–Crippen MR) is 107 cm³/mol. The number of benzene rings is 1. The van der Waals surface area contributed by atoms with Crippen molar-refractivity contribution in [3.05, 3.63) is 48.2 Å². The Morgan fingerprint density at radius 2 is 1.81 bits per heavy atom. The van der Waals surface area contributed by atoms with Crippen molar-refractivity contribution < 1.29 is 14.2 Å². The minimum absolute atomic E-state index is 0.528. The summed E-state index contributed by atoms with van der Waals surface area (Å²) in [6.07, 6.45) is 1.74. The Hall–Kier alpha value is -2.96. The van der Waals surface area contributed by atoms with Crippen molar-refractivity contribution >= 4 is 5.96 Å². The number of ether oxygens (including phenoxy) is 3. The van der Waals surface area contributed by atoms with Crippen molar-refractivity contribution in [3.8, 4) is 17.4 Å². The van der Waals surface area contributed by atoms with Gasteiger partial charge < -0.3 is 24.8 Å². The molecule has 27 heavy (non-hydrogen) atoms. The molecule has 0 saturated heterocycles. The number of methoxy groups -OCH3 is 1. The molecule has 0 bridgehead atoms. The summed E-state index contributed by atoms with van der Waals surface area (Å²) >= 11 is 0. The molecule has 7 nitrogen and oxygen atoms in total. The van der Waals surface area contributed by atoms with Crippen LogP contribution in [0, 0.1) is 0 Å². The van der Waals surface area contributed by atoms with Crippen LogP contribution in [0.3, 0.4) is 0 Å². The van der Waals surface area contributed by atoms with Gasteiger partial charge in [-0.3, -0.25) is 0 Å². The standard InChI is InChI=1S/C20H28N4O3/c1-4-21-20(24-15-16-10-11-22-19(14-16)26-5-2)23-12-13-27-18-8-6-17(25-3)7-9-18/h6-11,14H,4-5,12-13,15H2,1-3H3,(H2,21,23,24). The van der Waals surface area contributed by atoms with Crippen LogP contribution in [0.5, 0.6) is 17.4 Å². The molecule has 0 unspecified atom stereocenters. The fourth-order valence-electron chi connectivity index (χ4n) is 2.30. The zero-order chi connectivity index (χ0) is 19.3. The highest BCUT2D eigenvalue weighted by Gasteiger charge is 2.01. The van der Waals surface area contributed by atoms with Gasteiger partial charge in [0.2, 0.25) is 5.88 Å². The zero-order valence-corrected chi connectivity index (χ0v) is 16.2. The van der Waals surface area contributed by atoms with Gasteiger partial charge in [-0.25, -0.2) is 9.98 Å². The Morgan fingerprint density at radius 3 is 2.52 bits per heavy atom. The van der Waals surface area contributed by atoms with Crippen LogP contribution >= 0.6 is 0 Å². The molecule has 0 aliphatic heterocycles. The highest BCUT2D eigenvalue weighted by molar-refractivity contribution is 5.79. The number of hydrogen-bond acceptors (Lipinski definition) is 5. The molecule has 1 heterocycles. The predicted octanol–water partition coefficient (Wildman–Crippen LogP) is 2.62. The van der Waals surface area contributed by atoms with Crippen molar-refractivity contribution in [1.82, 2.24) is 15.6 Å². The summed E-state index contributed by atoms with van der Waals surface area (Å²) in [5.41, 5.74) is 1.04. The van der Waals surface area contributed by atoms with Crippen LogP contribution in [-0.4, -0.2) is 44.4 Å². The molecular formula is C20H28N4O3.